The molecule has 132 valence electrons. The number of amides is 1. The van der Waals surface area contributed by atoms with E-state index in [0.29, 0.717) is 12.3 Å². The molecule has 1 spiro atoms. The number of aromatic amines is 1. The summed E-state index contributed by atoms with van der Waals surface area (Å²) in [5.41, 5.74) is 3.03. The standard InChI is InChI=1S/C19H29N3O2/c1-4-22-13-19(8-6-17(22)23)7-5-9-21(12-19)11-16-15(3)18(24)14(2)10-20-16/h10H,4-9,11-13H2,1-3H3,(H,20,24). The van der Waals surface area contributed by atoms with Crippen LogP contribution in [-0.2, 0) is 11.3 Å². The Kier molecular flexibility index (Phi) is 4.81. The Hall–Kier alpha value is -1.62. The second-order valence-corrected chi connectivity index (χ2v) is 7.63. The summed E-state index contributed by atoms with van der Waals surface area (Å²) in [6.45, 7) is 10.4. The molecule has 1 unspecified atom stereocenters. The fraction of sp³-hybridized carbons (Fsp3) is 0.684. The highest BCUT2D eigenvalue weighted by Crippen LogP contribution is 2.39. The van der Waals surface area contributed by atoms with Crippen LogP contribution in [-0.4, -0.2) is 46.9 Å². The summed E-state index contributed by atoms with van der Waals surface area (Å²) in [5.74, 6) is 0.305. The van der Waals surface area contributed by atoms with Gasteiger partial charge in [0.1, 0.15) is 0 Å². The first kappa shape index (κ1) is 17.2. The second kappa shape index (κ2) is 6.71. The van der Waals surface area contributed by atoms with Crippen LogP contribution in [0.4, 0.5) is 0 Å². The minimum atomic E-state index is 0.149. The average Bonchev–Trinajstić information content (AvgIpc) is 2.58. The Morgan fingerprint density at radius 3 is 2.75 bits per heavy atom. The summed E-state index contributed by atoms with van der Waals surface area (Å²) >= 11 is 0. The Morgan fingerprint density at radius 2 is 2.00 bits per heavy atom. The fourth-order valence-electron chi connectivity index (χ4n) is 4.36. The van der Waals surface area contributed by atoms with E-state index >= 15 is 0 Å². The average molecular weight is 331 g/mol. The Balaban J connectivity index is 1.73. The molecular weight excluding hydrogens is 302 g/mol. The molecule has 2 aliphatic heterocycles. The molecule has 0 aromatic carbocycles. The van der Waals surface area contributed by atoms with Crippen molar-refractivity contribution in [1.82, 2.24) is 14.8 Å². The summed E-state index contributed by atoms with van der Waals surface area (Å²) in [6.07, 6.45) is 5.88. The maximum absolute atomic E-state index is 12.2. The lowest BCUT2D eigenvalue weighted by atomic mass is 9.73. The van der Waals surface area contributed by atoms with E-state index in [0.717, 1.165) is 56.0 Å². The highest BCUT2D eigenvalue weighted by molar-refractivity contribution is 5.77. The van der Waals surface area contributed by atoms with Crippen molar-refractivity contribution in [2.24, 2.45) is 5.41 Å². The molecule has 24 heavy (non-hydrogen) atoms. The van der Waals surface area contributed by atoms with E-state index in [-0.39, 0.29) is 10.8 Å². The van der Waals surface area contributed by atoms with Gasteiger partial charge in [0, 0.05) is 61.0 Å². The van der Waals surface area contributed by atoms with Crippen molar-refractivity contribution >= 4 is 5.91 Å². The fourth-order valence-corrected chi connectivity index (χ4v) is 4.36. The number of carbonyl (C=O) groups is 1. The second-order valence-electron chi connectivity index (χ2n) is 7.63. The zero-order chi connectivity index (χ0) is 17.3. The van der Waals surface area contributed by atoms with Crippen LogP contribution < -0.4 is 5.43 Å². The number of nitrogens with zero attached hydrogens (tertiary/aromatic N) is 2. The number of likely N-dealkylation sites (tertiary alicyclic amines) is 2. The topological polar surface area (TPSA) is 56.4 Å². The third-order valence-electron chi connectivity index (χ3n) is 5.87. The Labute approximate surface area is 144 Å². The number of hydrogen-bond donors (Lipinski definition) is 1. The summed E-state index contributed by atoms with van der Waals surface area (Å²) in [4.78, 5) is 32.0. The van der Waals surface area contributed by atoms with Crippen molar-refractivity contribution in [3.05, 3.63) is 33.2 Å². The van der Waals surface area contributed by atoms with Gasteiger partial charge >= 0.3 is 0 Å². The summed E-state index contributed by atoms with van der Waals surface area (Å²) in [5, 5.41) is 0. The first-order valence-electron chi connectivity index (χ1n) is 9.12. The number of pyridine rings is 1. The zero-order valence-electron chi connectivity index (χ0n) is 15.2. The molecule has 1 amide bonds. The number of rotatable bonds is 3. The van der Waals surface area contributed by atoms with Crippen LogP contribution in [0.3, 0.4) is 0 Å². The Bertz CT molecular complexity index is 682. The molecular formula is C19H29N3O2. The van der Waals surface area contributed by atoms with Crippen LogP contribution >= 0.6 is 0 Å². The number of aryl methyl sites for hydroxylation is 1. The quantitative estimate of drug-likeness (QED) is 0.924. The molecule has 0 radical (unpaired) electrons. The van der Waals surface area contributed by atoms with Gasteiger partial charge < -0.3 is 9.88 Å². The minimum Gasteiger partial charge on any atom is -0.363 e. The van der Waals surface area contributed by atoms with Crippen molar-refractivity contribution < 1.29 is 4.79 Å². The number of H-pyrrole nitrogens is 1. The van der Waals surface area contributed by atoms with Gasteiger partial charge in [-0.1, -0.05) is 0 Å². The first-order valence-corrected chi connectivity index (χ1v) is 9.12. The molecule has 5 nitrogen and oxygen atoms in total. The van der Waals surface area contributed by atoms with Gasteiger partial charge in [0.25, 0.3) is 0 Å². The number of hydrogen-bond acceptors (Lipinski definition) is 3. The third-order valence-corrected chi connectivity index (χ3v) is 5.87. The van der Waals surface area contributed by atoms with Crippen molar-refractivity contribution in [2.45, 2.75) is 53.0 Å². The molecule has 1 N–H and O–H groups in total. The van der Waals surface area contributed by atoms with Crippen LogP contribution in [0.2, 0.25) is 0 Å². The van der Waals surface area contributed by atoms with Gasteiger partial charge in [-0.05, 0) is 46.6 Å². The largest absolute Gasteiger partial charge is 0.363 e. The van der Waals surface area contributed by atoms with Gasteiger partial charge in [-0.3, -0.25) is 14.5 Å². The van der Waals surface area contributed by atoms with E-state index in [1.807, 2.05) is 24.9 Å². The van der Waals surface area contributed by atoms with Crippen molar-refractivity contribution in [3.8, 4) is 0 Å². The molecule has 2 fully saturated rings. The molecule has 0 bridgehead atoms. The van der Waals surface area contributed by atoms with Gasteiger partial charge in [-0.15, -0.1) is 0 Å². The van der Waals surface area contributed by atoms with E-state index in [2.05, 4.69) is 16.8 Å². The van der Waals surface area contributed by atoms with E-state index in [1.54, 1.807) is 0 Å². The SMILES string of the molecule is CCN1CC2(CCCN(Cc3[nH]cc(C)c(=O)c3C)C2)CCC1=O. The predicted octanol–water partition coefficient (Wildman–Crippen LogP) is 2.22. The lowest BCUT2D eigenvalue weighted by Crippen LogP contribution is -2.53. The molecule has 0 saturated carbocycles. The number of aromatic nitrogens is 1. The maximum Gasteiger partial charge on any atom is 0.222 e. The molecule has 1 atom stereocenters. The van der Waals surface area contributed by atoms with Crippen LogP contribution in [0, 0.1) is 19.3 Å². The van der Waals surface area contributed by atoms with Crippen molar-refractivity contribution in [2.75, 3.05) is 26.2 Å². The van der Waals surface area contributed by atoms with Crippen LogP contribution in [0.15, 0.2) is 11.0 Å². The maximum atomic E-state index is 12.2. The number of carbonyl (C=O) groups excluding carboxylic acids is 1. The third kappa shape index (κ3) is 3.27. The van der Waals surface area contributed by atoms with Gasteiger partial charge in [0.05, 0.1) is 0 Å². The van der Waals surface area contributed by atoms with Crippen LogP contribution in [0.1, 0.15) is 49.4 Å². The highest BCUT2D eigenvalue weighted by atomic mass is 16.2. The van der Waals surface area contributed by atoms with E-state index in [1.165, 1.54) is 12.8 Å². The first-order chi connectivity index (χ1) is 11.4. The smallest absolute Gasteiger partial charge is 0.222 e. The molecule has 0 aliphatic carbocycles. The monoisotopic (exact) mass is 331 g/mol. The highest BCUT2D eigenvalue weighted by Gasteiger charge is 2.41. The van der Waals surface area contributed by atoms with Gasteiger partial charge in [-0.25, -0.2) is 0 Å². The molecule has 2 aliphatic rings. The minimum absolute atomic E-state index is 0.149. The predicted molar refractivity (Wildman–Crippen MR) is 95.0 cm³/mol. The number of nitrogens with one attached hydrogen (secondary N) is 1. The van der Waals surface area contributed by atoms with Crippen molar-refractivity contribution in [3.63, 3.8) is 0 Å². The van der Waals surface area contributed by atoms with Gasteiger partial charge in [0.15, 0.2) is 5.43 Å². The Morgan fingerprint density at radius 1 is 1.21 bits per heavy atom. The van der Waals surface area contributed by atoms with Crippen LogP contribution in [0.25, 0.3) is 0 Å². The van der Waals surface area contributed by atoms with Gasteiger partial charge in [-0.2, -0.15) is 0 Å². The summed E-state index contributed by atoms with van der Waals surface area (Å²) in [7, 11) is 0. The molecule has 3 heterocycles. The van der Waals surface area contributed by atoms with E-state index < -0.39 is 0 Å². The number of piperidine rings is 2. The molecule has 5 heteroatoms. The molecule has 1 aromatic heterocycles. The van der Waals surface area contributed by atoms with Crippen molar-refractivity contribution in [1.29, 1.82) is 0 Å². The lowest BCUT2D eigenvalue weighted by molar-refractivity contribution is -0.139. The van der Waals surface area contributed by atoms with E-state index in [4.69, 9.17) is 0 Å². The molecule has 1 aromatic rings. The molecule has 3 rings (SSSR count). The normalized spacial score (nSPS) is 25.5. The lowest BCUT2D eigenvalue weighted by Gasteiger charge is -2.48. The van der Waals surface area contributed by atoms with Crippen LogP contribution in [0.5, 0.6) is 0 Å². The molecule has 2 saturated heterocycles. The summed E-state index contributed by atoms with van der Waals surface area (Å²) < 4.78 is 0. The zero-order valence-corrected chi connectivity index (χ0v) is 15.2. The van der Waals surface area contributed by atoms with E-state index in [9.17, 15) is 9.59 Å². The summed E-state index contributed by atoms with van der Waals surface area (Å²) in [6, 6.07) is 0. The van der Waals surface area contributed by atoms with Gasteiger partial charge in [0.2, 0.25) is 5.91 Å².